The minimum Gasteiger partial charge on any atom is -0.453 e. The Bertz CT molecular complexity index is 541. The average molecular weight is 357 g/mol. The standard InChI is InChI=1S/C17H25ClN2O4/c1-17(2,3)24-15(21)19-11-5-6-14(20-16(22)23-4)12-7-9-13(18)10-8-12/h7-10,14H,5-6,11H2,1-4H3,(H,19,21)(H,20,22). The van der Waals surface area contributed by atoms with Gasteiger partial charge in [0.25, 0.3) is 0 Å². The third kappa shape index (κ3) is 8.06. The fourth-order valence-electron chi connectivity index (χ4n) is 2.03. The van der Waals surface area contributed by atoms with Crippen molar-refractivity contribution >= 4 is 23.8 Å². The van der Waals surface area contributed by atoms with Crippen LogP contribution in [-0.4, -0.2) is 31.4 Å². The van der Waals surface area contributed by atoms with E-state index in [1.807, 2.05) is 32.9 Å². The summed E-state index contributed by atoms with van der Waals surface area (Å²) in [5.74, 6) is 0. The van der Waals surface area contributed by atoms with Crippen molar-refractivity contribution in [3.63, 3.8) is 0 Å². The van der Waals surface area contributed by atoms with E-state index in [4.69, 9.17) is 16.3 Å². The summed E-state index contributed by atoms with van der Waals surface area (Å²) in [6.07, 6.45) is 0.338. The van der Waals surface area contributed by atoms with Crippen molar-refractivity contribution in [2.45, 2.75) is 45.3 Å². The van der Waals surface area contributed by atoms with Crippen molar-refractivity contribution in [2.75, 3.05) is 13.7 Å². The number of benzene rings is 1. The summed E-state index contributed by atoms with van der Waals surface area (Å²) in [5, 5.41) is 6.10. The van der Waals surface area contributed by atoms with Gasteiger partial charge in [0.1, 0.15) is 5.60 Å². The van der Waals surface area contributed by atoms with Crippen LogP contribution in [0.15, 0.2) is 24.3 Å². The molecule has 0 aliphatic rings. The third-order valence-electron chi connectivity index (χ3n) is 3.09. The summed E-state index contributed by atoms with van der Waals surface area (Å²) in [4.78, 5) is 23.1. The molecule has 0 heterocycles. The highest BCUT2D eigenvalue weighted by Gasteiger charge is 2.17. The number of carbonyl (C=O) groups is 2. The molecule has 1 atom stereocenters. The van der Waals surface area contributed by atoms with Crippen LogP contribution in [0.4, 0.5) is 9.59 Å². The molecule has 6 nitrogen and oxygen atoms in total. The van der Waals surface area contributed by atoms with Gasteiger partial charge in [0.05, 0.1) is 13.2 Å². The Balaban J connectivity index is 2.52. The van der Waals surface area contributed by atoms with Gasteiger partial charge >= 0.3 is 12.2 Å². The normalized spacial score (nSPS) is 12.2. The summed E-state index contributed by atoms with van der Waals surface area (Å²) < 4.78 is 9.83. The molecule has 0 aliphatic carbocycles. The maximum absolute atomic E-state index is 11.6. The van der Waals surface area contributed by atoms with Gasteiger partial charge in [0, 0.05) is 11.6 Å². The maximum Gasteiger partial charge on any atom is 0.407 e. The lowest BCUT2D eigenvalue weighted by Gasteiger charge is -2.21. The number of rotatable bonds is 6. The topological polar surface area (TPSA) is 76.7 Å². The molecule has 0 fully saturated rings. The van der Waals surface area contributed by atoms with Crippen LogP contribution in [0.2, 0.25) is 5.02 Å². The first-order valence-electron chi connectivity index (χ1n) is 7.78. The largest absolute Gasteiger partial charge is 0.453 e. The second-order valence-corrected chi connectivity index (χ2v) is 6.75. The van der Waals surface area contributed by atoms with Crippen molar-refractivity contribution in [3.05, 3.63) is 34.9 Å². The minimum absolute atomic E-state index is 0.227. The highest BCUT2D eigenvalue weighted by atomic mass is 35.5. The number of hydrogen-bond donors (Lipinski definition) is 2. The Morgan fingerprint density at radius 1 is 1.17 bits per heavy atom. The molecule has 24 heavy (non-hydrogen) atoms. The second-order valence-electron chi connectivity index (χ2n) is 6.31. The molecule has 1 aromatic carbocycles. The molecule has 1 rings (SSSR count). The molecule has 1 unspecified atom stereocenters. The van der Waals surface area contributed by atoms with Gasteiger partial charge in [-0.2, -0.15) is 0 Å². The van der Waals surface area contributed by atoms with E-state index < -0.39 is 17.8 Å². The SMILES string of the molecule is COC(=O)NC(CCCNC(=O)OC(C)(C)C)c1ccc(Cl)cc1. The molecular weight excluding hydrogens is 332 g/mol. The summed E-state index contributed by atoms with van der Waals surface area (Å²) in [6, 6.07) is 7.01. The van der Waals surface area contributed by atoms with Gasteiger partial charge in [-0.3, -0.25) is 0 Å². The predicted octanol–water partition coefficient (Wildman–Crippen LogP) is 4.04. The minimum atomic E-state index is -0.525. The van der Waals surface area contributed by atoms with E-state index in [1.54, 1.807) is 12.1 Å². The molecule has 0 bridgehead atoms. The van der Waals surface area contributed by atoms with Crippen molar-refractivity contribution in [1.82, 2.24) is 10.6 Å². The summed E-state index contributed by atoms with van der Waals surface area (Å²) in [5.41, 5.74) is 0.393. The zero-order valence-corrected chi connectivity index (χ0v) is 15.3. The zero-order valence-electron chi connectivity index (χ0n) is 14.5. The molecular formula is C17H25ClN2O4. The third-order valence-corrected chi connectivity index (χ3v) is 3.34. The number of halogens is 1. The lowest BCUT2D eigenvalue weighted by Crippen LogP contribution is -2.33. The van der Waals surface area contributed by atoms with Gasteiger partial charge in [-0.25, -0.2) is 9.59 Å². The first-order chi connectivity index (χ1) is 11.2. The van der Waals surface area contributed by atoms with Crippen molar-refractivity contribution in [3.8, 4) is 0 Å². The fraction of sp³-hybridized carbons (Fsp3) is 0.529. The van der Waals surface area contributed by atoms with Gasteiger partial charge in [0.15, 0.2) is 0 Å². The molecule has 134 valence electrons. The van der Waals surface area contributed by atoms with Crippen LogP contribution in [-0.2, 0) is 9.47 Å². The quantitative estimate of drug-likeness (QED) is 0.754. The van der Waals surface area contributed by atoms with Crippen LogP contribution in [0.25, 0.3) is 0 Å². The van der Waals surface area contributed by atoms with Crippen LogP contribution in [0.1, 0.15) is 45.2 Å². The van der Waals surface area contributed by atoms with Crippen LogP contribution >= 0.6 is 11.6 Å². The number of ether oxygens (including phenoxy) is 2. The average Bonchev–Trinajstić information content (AvgIpc) is 2.49. The number of amides is 2. The van der Waals surface area contributed by atoms with Gasteiger partial charge < -0.3 is 20.1 Å². The molecule has 0 saturated heterocycles. The Hall–Kier alpha value is -1.95. The Labute approximate surface area is 147 Å². The lowest BCUT2D eigenvalue weighted by atomic mass is 10.0. The molecule has 0 aliphatic heterocycles. The molecule has 0 saturated carbocycles. The summed E-state index contributed by atoms with van der Waals surface area (Å²) in [7, 11) is 1.32. The number of methoxy groups -OCH3 is 1. The van der Waals surface area contributed by atoms with Crippen LogP contribution in [0.3, 0.4) is 0 Å². The van der Waals surface area contributed by atoms with Crippen molar-refractivity contribution < 1.29 is 19.1 Å². The summed E-state index contributed by atoms with van der Waals surface area (Å²) in [6.45, 7) is 5.87. The smallest absolute Gasteiger partial charge is 0.407 e. The van der Waals surface area contributed by atoms with E-state index in [1.165, 1.54) is 7.11 Å². The van der Waals surface area contributed by atoms with E-state index in [-0.39, 0.29) is 6.04 Å². The number of nitrogens with one attached hydrogen (secondary N) is 2. The molecule has 2 N–H and O–H groups in total. The second kappa shape index (κ2) is 9.37. The van der Waals surface area contributed by atoms with E-state index >= 15 is 0 Å². The van der Waals surface area contributed by atoms with Gasteiger partial charge in [-0.05, 0) is 51.3 Å². The molecule has 0 radical (unpaired) electrons. The molecule has 0 aromatic heterocycles. The molecule has 1 aromatic rings. The Kier molecular flexibility index (Phi) is 7.85. The maximum atomic E-state index is 11.6. The van der Waals surface area contributed by atoms with Gasteiger partial charge in [-0.15, -0.1) is 0 Å². The summed E-state index contributed by atoms with van der Waals surface area (Å²) >= 11 is 5.89. The van der Waals surface area contributed by atoms with Crippen LogP contribution in [0.5, 0.6) is 0 Å². The van der Waals surface area contributed by atoms with E-state index in [2.05, 4.69) is 15.4 Å². The lowest BCUT2D eigenvalue weighted by molar-refractivity contribution is 0.0526. The number of hydrogen-bond acceptors (Lipinski definition) is 4. The highest BCUT2D eigenvalue weighted by Crippen LogP contribution is 2.20. The first-order valence-corrected chi connectivity index (χ1v) is 8.16. The predicted molar refractivity (Wildman–Crippen MR) is 93.2 cm³/mol. The Morgan fingerprint density at radius 3 is 2.33 bits per heavy atom. The van der Waals surface area contributed by atoms with E-state index in [9.17, 15) is 9.59 Å². The van der Waals surface area contributed by atoms with Gasteiger partial charge in [-0.1, -0.05) is 23.7 Å². The first kappa shape index (κ1) is 20.1. The fourth-order valence-corrected chi connectivity index (χ4v) is 2.16. The monoisotopic (exact) mass is 356 g/mol. The number of alkyl carbamates (subject to hydrolysis) is 2. The van der Waals surface area contributed by atoms with Crippen molar-refractivity contribution in [1.29, 1.82) is 0 Å². The molecule has 2 amide bonds. The Morgan fingerprint density at radius 2 is 1.79 bits per heavy atom. The van der Waals surface area contributed by atoms with Gasteiger partial charge in [0.2, 0.25) is 0 Å². The molecule has 7 heteroatoms. The van der Waals surface area contributed by atoms with E-state index in [0.29, 0.717) is 24.4 Å². The van der Waals surface area contributed by atoms with Crippen LogP contribution < -0.4 is 10.6 Å². The number of carbonyl (C=O) groups excluding carboxylic acids is 2. The molecule has 0 spiro atoms. The van der Waals surface area contributed by atoms with Crippen LogP contribution in [0, 0.1) is 0 Å². The highest BCUT2D eigenvalue weighted by molar-refractivity contribution is 6.30. The van der Waals surface area contributed by atoms with E-state index in [0.717, 1.165) is 5.56 Å². The zero-order chi connectivity index (χ0) is 18.2. The van der Waals surface area contributed by atoms with Crippen molar-refractivity contribution in [2.24, 2.45) is 0 Å².